The van der Waals surface area contributed by atoms with Crippen molar-refractivity contribution in [1.29, 1.82) is 0 Å². The highest BCUT2D eigenvalue weighted by Crippen LogP contribution is 2.31. The Labute approximate surface area is 105 Å². The first-order chi connectivity index (χ1) is 8.91. The lowest BCUT2D eigenvalue weighted by Gasteiger charge is -2.08. The lowest BCUT2D eigenvalue weighted by atomic mass is 10.0. The van der Waals surface area contributed by atoms with Crippen LogP contribution in [0.1, 0.15) is 15.9 Å². The molecule has 0 aliphatic carbocycles. The number of nitrogens with zero attached hydrogens (tertiary/aromatic N) is 1. The first kappa shape index (κ1) is 13.2. The Kier molecular flexibility index (Phi) is 3.33. The van der Waals surface area contributed by atoms with Gasteiger partial charge in [-0.25, -0.2) is 4.98 Å². The number of pyridine rings is 1. The van der Waals surface area contributed by atoms with Crippen molar-refractivity contribution < 1.29 is 22.4 Å². The molecular weight excluding hydrogens is 262 g/mol. The van der Waals surface area contributed by atoms with Crippen molar-refractivity contribution >= 4 is 6.29 Å². The molecule has 0 saturated carbocycles. The van der Waals surface area contributed by atoms with E-state index in [2.05, 4.69) is 4.98 Å². The van der Waals surface area contributed by atoms with Gasteiger partial charge in [-0.05, 0) is 23.8 Å². The van der Waals surface area contributed by atoms with Gasteiger partial charge in [0.15, 0.2) is 6.29 Å². The molecule has 2 aromatic rings. The summed E-state index contributed by atoms with van der Waals surface area (Å²) in [7, 11) is 0. The van der Waals surface area contributed by atoms with Gasteiger partial charge in [-0.1, -0.05) is 12.1 Å². The number of carbonyl (C=O) groups excluding carboxylic acids is 1. The summed E-state index contributed by atoms with van der Waals surface area (Å²) in [5.74, 6) is -0.842. The minimum Gasteiger partial charge on any atom is -0.298 e. The Hall–Kier alpha value is -2.24. The van der Waals surface area contributed by atoms with Crippen LogP contribution in [0.2, 0.25) is 0 Å². The number of rotatable bonds is 2. The largest absolute Gasteiger partial charge is 0.416 e. The van der Waals surface area contributed by atoms with Crippen molar-refractivity contribution in [3.05, 3.63) is 53.6 Å². The normalized spacial score (nSPS) is 11.4. The summed E-state index contributed by atoms with van der Waals surface area (Å²) in [6.45, 7) is 0. The van der Waals surface area contributed by atoms with E-state index < -0.39 is 17.7 Å². The molecule has 0 amide bonds. The zero-order valence-corrected chi connectivity index (χ0v) is 9.41. The maximum Gasteiger partial charge on any atom is 0.416 e. The summed E-state index contributed by atoms with van der Waals surface area (Å²) < 4.78 is 50.6. The van der Waals surface area contributed by atoms with Gasteiger partial charge < -0.3 is 0 Å². The van der Waals surface area contributed by atoms with Crippen molar-refractivity contribution in [2.24, 2.45) is 0 Å². The second-order valence-electron chi connectivity index (χ2n) is 3.80. The van der Waals surface area contributed by atoms with Crippen LogP contribution >= 0.6 is 0 Å². The Morgan fingerprint density at radius 3 is 2.26 bits per heavy atom. The molecule has 0 spiro atoms. The van der Waals surface area contributed by atoms with Crippen LogP contribution in [0.5, 0.6) is 0 Å². The summed E-state index contributed by atoms with van der Waals surface area (Å²) in [6, 6.07) is 5.21. The molecule has 0 N–H and O–H groups in total. The molecule has 0 unspecified atom stereocenters. The van der Waals surface area contributed by atoms with E-state index in [-0.39, 0.29) is 16.7 Å². The number of benzene rings is 1. The second kappa shape index (κ2) is 4.79. The van der Waals surface area contributed by atoms with Crippen molar-refractivity contribution in [1.82, 2.24) is 4.98 Å². The first-order valence-electron chi connectivity index (χ1n) is 5.20. The fourth-order valence-corrected chi connectivity index (χ4v) is 1.57. The van der Waals surface area contributed by atoms with E-state index in [1.807, 2.05) is 0 Å². The summed E-state index contributed by atoms with van der Waals surface area (Å²) in [6.07, 6.45) is -2.91. The van der Waals surface area contributed by atoms with Gasteiger partial charge in [0.25, 0.3) is 0 Å². The molecule has 19 heavy (non-hydrogen) atoms. The minimum atomic E-state index is -4.44. The number of hydrogen-bond acceptors (Lipinski definition) is 2. The highest BCUT2D eigenvalue weighted by molar-refractivity contribution is 5.78. The van der Waals surface area contributed by atoms with Crippen LogP contribution in [0.3, 0.4) is 0 Å². The average molecular weight is 269 g/mol. The third kappa shape index (κ3) is 2.78. The monoisotopic (exact) mass is 269 g/mol. The molecule has 0 saturated heterocycles. The molecule has 0 aliphatic heterocycles. The van der Waals surface area contributed by atoms with Crippen LogP contribution in [-0.4, -0.2) is 11.3 Å². The molecular formula is C13H7F4NO. The predicted molar refractivity (Wildman–Crippen MR) is 60.0 cm³/mol. The highest BCUT2D eigenvalue weighted by atomic mass is 19.4. The van der Waals surface area contributed by atoms with Gasteiger partial charge in [0.2, 0.25) is 5.95 Å². The van der Waals surface area contributed by atoms with Crippen LogP contribution < -0.4 is 0 Å². The van der Waals surface area contributed by atoms with Gasteiger partial charge in [-0.3, -0.25) is 4.79 Å². The minimum absolute atomic E-state index is 0.0154. The fraction of sp³-hybridized carbons (Fsp3) is 0.0769. The quantitative estimate of drug-likeness (QED) is 0.472. The van der Waals surface area contributed by atoms with E-state index in [1.54, 1.807) is 0 Å². The second-order valence-corrected chi connectivity index (χ2v) is 3.80. The Morgan fingerprint density at radius 1 is 1.11 bits per heavy atom. The number of aldehydes is 1. The van der Waals surface area contributed by atoms with Crippen molar-refractivity contribution in [2.45, 2.75) is 6.18 Å². The van der Waals surface area contributed by atoms with Gasteiger partial charge in [0.1, 0.15) is 0 Å². The number of carbonyl (C=O) groups is 1. The van der Waals surface area contributed by atoms with Gasteiger partial charge in [0.05, 0.1) is 5.56 Å². The van der Waals surface area contributed by atoms with Crippen molar-refractivity contribution in [2.75, 3.05) is 0 Å². The molecule has 1 heterocycles. The molecule has 98 valence electrons. The van der Waals surface area contributed by atoms with E-state index in [4.69, 9.17) is 0 Å². The third-order valence-corrected chi connectivity index (χ3v) is 2.52. The maximum absolute atomic E-state index is 13.5. The van der Waals surface area contributed by atoms with Crippen molar-refractivity contribution in [3.63, 3.8) is 0 Å². The maximum atomic E-state index is 13.5. The van der Waals surface area contributed by atoms with Crippen LogP contribution in [0, 0.1) is 5.95 Å². The van der Waals surface area contributed by atoms with E-state index in [0.717, 1.165) is 30.5 Å². The lowest BCUT2D eigenvalue weighted by Crippen LogP contribution is -2.04. The van der Waals surface area contributed by atoms with Crippen LogP contribution in [0.15, 0.2) is 36.5 Å². The fourth-order valence-electron chi connectivity index (χ4n) is 1.57. The molecule has 2 nitrogen and oxygen atoms in total. The number of halogens is 4. The van der Waals surface area contributed by atoms with E-state index in [9.17, 15) is 22.4 Å². The SMILES string of the molecule is O=Cc1cnc(F)c(-c2ccc(C(F)(F)F)cc2)c1. The summed E-state index contributed by atoms with van der Waals surface area (Å²) in [5, 5.41) is 0. The average Bonchev–Trinajstić information content (AvgIpc) is 2.38. The van der Waals surface area contributed by atoms with Crippen LogP contribution in [0.25, 0.3) is 11.1 Å². The van der Waals surface area contributed by atoms with Gasteiger partial charge >= 0.3 is 6.18 Å². The Balaban J connectivity index is 2.45. The molecule has 1 aromatic carbocycles. The molecule has 0 radical (unpaired) electrons. The zero-order valence-electron chi connectivity index (χ0n) is 9.41. The van der Waals surface area contributed by atoms with E-state index >= 15 is 0 Å². The van der Waals surface area contributed by atoms with Crippen LogP contribution in [0.4, 0.5) is 17.6 Å². The van der Waals surface area contributed by atoms with Gasteiger partial charge in [-0.15, -0.1) is 0 Å². The standard InChI is InChI=1S/C13H7F4NO/c14-12-11(5-8(7-19)6-18-12)9-1-3-10(4-2-9)13(15,16)17/h1-7H. The number of aromatic nitrogens is 1. The molecule has 1 aromatic heterocycles. The molecule has 0 bridgehead atoms. The lowest BCUT2D eigenvalue weighted by molar-refractivity contribution is -0.137. The predicted octanol–water partition coefficient (Wildman–Crippen LogP) is 3.72. The first-order valence-corrected chi connectivity index (χ1v) is 5.20. The summed E-state index contributed by atoms with van der Waals surface area (Å²) >= 11 is 0. The topological polar surface area (TPSA) is 30.0 Å². The number of alkyl halides is 3. The molecule has 0 fully saturated rings. The van der Waals surface area contributed by atoms with E-state index in [1.165, 1.54) is 6.07 Å². The molecule has 0 aliphatic rings. The highest BCUT2D eigenvalue weighted by Gasteiger charge is 2.30. The summed E-state index contributed by atoms with van der Waals surface area (Å²) in [4.78, 5) is 14.0. The Morgan fingerprint density at radius 2 is 1.74 bits per heavy atom. The van der Waals surface area contributed by atoms with E-state index in [0.29, 0.717) is 6.29 Å². The summed E-state index contributed by atoms with van der Waals surface area (Å²) in [5.41, 5.74) is -0.465. The van der Waals surface area contributed by atoms with Gasteiger partial charge in [0, 0.05) is 17.3 Å². The molecule has 2 rings (SSSR count). The van der Waals surface area contributed by atoms with Gasteiger partial charge in [-0.2, -0.15) is 17.6 Å². The smallest absolute Gasteiger partial charge is 0.298 e. The van der Waals surface area contributed by atoms with Crippen molar-refractivity contribution in [3.8, 4) is 11.1 Å². The molecule has 6 heteroatoms. The Bertz CT molecular complexity index is 605. The molecule has 0 atom stereocenters. The number of hydrogen-bond donors (Lipinski definition) is 0. The zero-order chi connectivity index (χ0) is 14.0. The van der Waals surface area contributed by atoms with Crippen LogP contribution in [-0.2, 0) is 6.18 Å². The third-order valence-electron chi connectivity index (χ3n) is 2.52.